The van der Waals surface area contributed by atoms with Crippen molar-refractivity contribution >= 4 is 102 Å². The van der Waals surface area contributed by atoms with E-state index in [-0.39, 0.29) is 0 Å². The fourth-order valence-electron chi connectivity index (χ4n) is 8.83. The minimum atomic E-state index is 0.642. The van der Waals surface area contributed by atoms with Gasteiger partial charge in [-0.25, -0.2) is 0 Å². The van der Waals surface area contributed by atoms with Crippen molar-refractivity contribution in [3.63, 3.8) is 0 Å². The van der Waals surface area contributed by atoms with Gasteiger partial charge in [0.25, 0.3) is 0 Å². The van der Waals surface area contributed by atoms with E-state index in [9.17, 15) is 0 Å². The van der Waals surface area contributed by atoms with Crippen molar-refractivity contribution in [3.8, 4) is 42.4 Å². The molecule has 0 radical (unpaired) electrons. The highest BCUT2D eigenvalue weighted by atomic mass is 32.1. The Balaban J connectivity index is 1.06. The number of hydrogen-bond acceptors (Lipinski definition) is 7. The summed E-state index contributed by atoms with van der Waals surface area (Å²) in [7, 11) is 0. The summed E-state index contributed by atoms with van der Waals surface area (Å²) in [5, 5.41) is 6.68. The van der Waals surface area contributed by atoms with Gasteiger partial charge in [0.05, 0.1) is 0 Å². The summed E-state index contributed by atoms with van der Waals surface area (Å²) in [5.41, 5.74) is 22.6. The highest BCUT2D eigenvalue weighted by Crippen LogP contribution is 2.43. The second-order valence-corrected chi connectivity index (χ2v) is 21.5. The monoisotopic (exact) mass is 948 g/mol. The van der Waals surface area contributed by atoms with Gasteiger partial charge in [-0.2, -0.15) is 0 Å². The first-order valence-corrected chi connectivity index (χ1v) is 25.7. The van der Waals surface area contributed by atoms with Crippen LogP contribution in [0.2, 0.25) is 0 Å². The molecule has 6 aromatic carbocycles. The van der Waals surface area contributed by atoms with Gasteiger partial charge in [0.2, 0.25) is 0 Å². The van der Waals surface area contributed by atoms with Gasteiger partial charge in [0.1, 0.15) is 0 Å². The first kappa shape index (κ1) is 45.4. The predicted octanol–water partition coefficient (Wildman–Crippen LogP) is 19.1. The van der Waals surface area contributed by atoms with Gasteiger partial charge in [0.15, 0.2) is 0 Å². The van der Waals surface area contributed by atoms with Crippen LogP contribution >= 0.6 is 58.4 Å². The second-order valence-electron chi connectivity index (χ2n) is 17.5. The molecule has 0 atom stereocenters. The molecule has 0 saturated heterocycles. The van der Waals surface area contributed by atoms with Gasteiger partial charge in [-0.15, -0.1) is 34.0 Å². The van der Waals surface area contributed by atoms with Crippen LogP contribution in [-0.2, 0) is 0 Å². The lowest BCUT2D eigenvalue weighted by atomic mass is 10.00. The molecule has 0 aliphatic rings. The number of hydrogen-bond donors (Lipinski definition) is 0. The molecular formula is C59H52N2S5. The number of thiophene rings is 3. The van der Waals surface area contributed by atoms with E-state index in [1.54, 1.807) is 11.3 Å². The quantitative estimate of drug-likeness (QED) is 0.0839. The summed E-state index contributed by atoms with van der Waals surface area (Å²) >= 11 is 16.7. The molecule has 0 unspecified atom stereocenters. The lowest BCUT2D eigenvalue weighted by molar-refractivity contribution is 1.26. The van der Waals surface area contributed by atoms with E-state index in [1.807, 2.05) is 29.6 Å². The van der Waals surface area contributed by atoms with E-state index in [4.69, 9.17) is 24.4 Å². The molecule has 9 aromatic rings. The number of nitrogens with zero attached hydrogens (tertiary/aromatic N) is 2. The van der Waals surface area contributed by atoms with Crippen LogP contribution in [0.5, 0.6) is 0 Å². The van der Waals surface area contributed by atoms with Gasteiger partial charge in [-0.05, 0) is 240 Å². The Kier molecular flexibility index (Phi) is 13.2. The number of benzene rings is 6. The van der Waals surface area contributed by atoms with E-state index in [1.165, 1.54) is 64.7 Å². The third-order valence-corrected chi connectivity index (χ3v) is 15.9. The minimum absolute atomic E-state index is 0.642. The lowest BCUT2D eigenvalue weighted by Gasteiger charge is -2.28. The van der Waals surface area contributed by atoms with E-state index < -0.39 is 0 Å². The number of aryl methyl sites for hydroxylation is 7. The van der Waals surface area contributed by atoms with Gasteiger partial charge >= 0.3 is 0 Å². The highest BCUT2D eigenvalue weighted by Gasteiger charge is 2.20. The summed E-state index contributed by atoms with van der Waals surface area (Å²) in [4.78, 5) is 10.4. The molecule has 0 aliphatic carbocycles. The van der Waals surface area contributed by atoms with Crippen molar-refractivity contribution in [2.45, 2.75) is 61.8 Å². The van der Waals surface area contributed by atoms with Crippen molar-refractivity contribution in [3.05, 3.63) is 200 Å². The summed E-state index contributed by atoms with van der Waals surface area (Å²) in [6.45, 7) is 17.3. The van der Waals surface area contributed by atoms with Crippen LogP contribution in [0, 0.1) is 48.5 Å². The standard InChI is InChI=1S/C59H52N2S5/c1-36-25-57(64-33-36)53-22-18-49(29-40(53)5)60(48-17-21-52(39(4)28-48)56(63)32-43(8)62)46-13-9-44(10-14-46)45-11-15-47(16-12-45)61(50-19-23-54(41(6)30-50)58-26-37(2)34-65-58)51-20-24-55(42(7)31-51)59-27-38(3)35-66-59/h9-31,33-35H,32H2,1-8H3. The molecule has 66 heavy (non-hydrogen) atoms. The summed E-state index contributed by atoms with van der Waals surface area (Å²) in [6.07, 6.45) is 0.642. The molecule has 0 spiro atoms. The third-order valence-electron chi connectivity index (χ3n) is 12.2. The van der Waals surface area contributed by atoms with Crippen molar-refractivity contribution < 1.29 is 0 Å². The molecule has 0 fully saturated rings. The summed E-state index contributed by atoms with van der Waals surface area (Å²) in [6, 6.07) is 52.0. The van der Waals surface area contributed by atoms with Crippen molar-refractivity contribution in [1.29, 1.82) is 0 Å². The smallest absolute Gasteiger partial charge is 0.0464 e. The fourth-order valence-corrected chi connectivity index (χ4v) is 12.5. The molecule has 0 bridgehead atoms. The van der Waals surface area contributed by atoms with Gasteiger partial charge in [0, 0.05) is 60.0 Å². The van der Waals surface area contributed by atoms with Crippen LogP contribution in [0.1, 0.15) is 57.9 Å². The molecule has 9 rings (SSSR count). The Morgan fingerprint density at radius 1 is 0.394 bits per heavy atom. The van der Waals surface area contributed by atoms with E-state index >= 15 is 0 Å². The zero-order valence-corrected chi connectivity index (χ0v) is 42.7. The lowest BCUT2D eigenvalue weighted by Crippen LogP contribution is -2.12. The third kappa shape index (κ3) is 9.55. The molecule has 0 N–H and O–H groups in total. The normalized spacial score (nSPS) is 11.2. The van der Waals surface area contributed by atoms with Crippen LogP contribution in [0.25, 0.3) is 42.4 Å². The molecule has 0 saturated carbocycles. The molecule has 0 amide bonds. The Labute approximate surface area is 413 Å². The summed E-state index contributed by atoms with van der Waals surface area (Å²) < 4.78 is 0. The summed E-state index contributed by atoms with van der Waals surface area (Å²) in [5.74, 6) is 0. The van der Waals surface area contributed by atoms with Gasteiger partial charge < -0.3 is 9.80 Å². The average Bonchev–Trinajstić information content (AvgIpc) is 4.05. The maximum atomic E-state index is 5.84. The SMILES string of the molecule is CC(=S)CC(=S)c1ccc(N(c2ccc(-c3ccc(N(c4ccc(-c5cc(C)cs5)c(C)c4)c4ccc(-c5cc(C)cs5)c(C)c4)cc3)cc2)c2ccc(-c3cc(C)cs3)c(C)c2)cc1C. The largest absolute Gasteiger partial charge is 0.310 e. The van der Waals surface area contributed by atoms with Crippen molar-refractivity contribution in [2.75, 3.05) is 9.80 Å². The van der Waals surface area contributed by atoms with Crippen LogP contribution in [0.3, 0.4) is 0 Å². The number of anilines is 6. The van der Waals surface area contributed by atoms with Crippen LogP contribution in [0.15, 0.2) is 156 Å². The first-order valence-electron chi connectivity index (χ1n) is 22.2. The Morgan fingerprint density at radius 3 is 1.00 bits per heavy atom. The Hall–Kier alpha value is -5.80. The molecule has 7 heteroatoms. The topological polar surface area (TPSA) is 6.48 Å². The number of thiocarbonyl (C=S) groups is 2. The molecule has 3 heterocycles. The van der Waals surface area contributed by atoms with Crippen molar-refractivity contribution in [2.24, 2.45) is 0 Å². The average molecular weight is 949 g/mol. The van der Waals surface area contributed by atoms with E-state index in [0.717, 1.165) is 66.1 Å². The molecule has 0 aliphatic heterocycles. The van der Waals surface area contributed by atoms with Crippen LogP contribution < -0.4 is 9.80 Å². The van der Waals surface area contributed by atoms with E-state index in [0.29, 0.717) is 6.42 Å². The molecular weight excluding hydrogens is 897 g/mol. The predicted molar refractivity (Wildman–Crippen MR) is 299 cm³/mol. The number of rotatable bonds is 13. The van der Waals surface area contributed by atoms with Gasteiger partial charge in [-0.3, -0.25) is 0 Å². The second kappa shape index (κ2) is 19.2. The highest BCUT2D eigenvalue weighted by molar-refractivity contribution is 7.82. The van der Waals surface area contributed by atoms with Crippen LogP contribution in [0.4, 0.5) is 34.1 Å². The Bertz CT molecular complexity index is 3160. The first-order chi connectivity index (χ1) is 31.8. The van der Waals surface area contributed by atoms with Gasteiger partial charge in [-0.1, -0.05) is 73.0 Å². The fraction of sp³-hybridized carbons (Fsp3) is 0.153. The van der Waals surface area contributed by atoms with Crippen LogP contribution in [-0.4, -0.2) is 9.73 Å². The molecule has 328 valence electrons. The molecule has 3 aromatic heterocycles. The minimum Gasteiger partial charge on any atom is -0.310 e. The maximum Gasteiger partial charge on any atom is 0.0464 e. The van der Waals surface area contributed by atoms with E-state index in [2.05, 4.69) is 214 Å². The zero-order valence-electron chi connectivity index (χ0n) is 38.7. The molecule has 2 nitrogen and oxygen atoms in total. The maximum absolute atomic E-state index is 5.84. The Morgan fingerprint density at radius 2 is 0.712 bits per heavy atom. The van der Waals surface area contributed by atoms with Crippen molar-refractivity contribution in [1.82, 2.24) is 0 Å². The zero-order chi connectivity index (χ0) is 46.2.